The molecule has 490 valence electrons. The number of ether oxygens (including phenoxy) is 4. The van der Waals surface area contributed by atoms with Gasteiger partial charge in [0.15, 0.2) is 0 Å². The van der Waals surface area contributed by atoms with Gasteiger partial charge in [-0.25, -0.2) is 29.1 Å². The highest BCUT2D eigenvalue weighted by atomic mass is 16.5. The molecule has 28 heteroatoms. The van der Waals surface area contributed by atoms with Gasteiger partial charge in [0.05, 0.1) is 76.9 Å². The number of hydrogen-bond donors (Lipinski definition) is 10. The number of nitrogens with zero attached hydrogens (tertiary/aromatic N) is 2. The van der Waals surface area contributed by atoms with Crippen molar-refractivity contribution in [2.24, 2.45) is 0 Å². The molecule has 9 rings (SSSR count). The smallest absolute Gasteiger partial charge is 0.328 e. The molecule has 0 spiro atoms. The van der Waals surface area contributed by atoms with Gasteiger partial charge < -0.3 is 70.6 Å². The van der Waals surface area contributed by atoms with Crippen molar-refractivity contribution in [1.29, 1.82) is 0 Å². The summed E-state index contributed by atoms with van der Waals surface area (Å²) in [5, 5.41) is 47.6. The quantitative estimate of drug-likeness (QED) is 0.0234. The van der Waals surface area contributed by atoms with Crippen LogP contribution >= 0.6 is 0 Å². The number of methoxy groups -OCH3 is 4. The molecular formula is C68H58N8O20. The van der Waals surface area contributed by atoms with Crippen molar-refractivity contribution in [2.75, 3.05) is 28.4 Å². The van der Waals surface area contributed by atoms with Crippen LogP contribution in [-0.4, -0.2) is 164 Å². The van der Waals surface area contributed by atoms with Gasteiger partial charge in [-0.05, 0) is 119 Å². The Hall–Kier alpha value is -12.9. The fraction of sp³-hybridized carbons (Fsp3) is 0.176. The lowest BCUT2D eigenvalue weighted by Crippen LogP contribution is -2.42. The molecule has 2 aliphatic rings. The average molecular weight is 1310 g/mol. The zero-order chi connectivity index (χ0) is 69.1. The molecule has 4 atom stereocenters. The van der Waals surface area contributed by atoms with Gasteiger partial charge >= 0.3 is 47.8 Å². The number of H-pyrrole nitrogens is 2. The van der Waals surface area contributed by atoms with E-state index in [1.165, 1.54) is 48.5 Å². The highest BCUT2D eigenvalue weighted by Gasteiger charge is 2.30. The summed E-state index contributed by atoms with van der Waals surface area (Å²) in [5.74, 6) is -12.5. The van der Waals surface area contributed by atoms with E-state index < -0.39 is 121 Å². The fourth-order valence-electron chi connectivity index (χ4n) is 10.6. The van der Waals surface area contributed by atoms with Gasteiger partial charge in [0.1, 0.15) is 24.2 Å². The largest absolute Gasteiger partial charge is 0.481 e. The summed E-state index contributed by atoms with van der Waals surface area (Å²) in [7, 11) is 4.21. The van der Waals surface area contributed by atoms with E-state index in [2.05, 4.69) is 31.2 Å². The molecule has 0 saturated carbocycles. The van der Waals surface area contributed by atoms with E-state index in [4.69, 9.17) is 28.9 Å². The van der Waals surface area contributed by atoms with Crippen LogP contribution in [0.15, 0.2) is 121 Å². The molecule has 4 aromatic carbocycles. The molecule has 0 radical (unpaired) electrons. The second kappa shape index (κ2) is 29.6. The number of aliphatic carboxylic acids is 4. The monoisotopic (exact) mass is 1310 g/mol. The summed E-state index contributed by atoms with van der Waals surface area (Å²) in [6, 6.07) is 25.6. The molecule has 0 saturated heterocycles. The Morgan fingerprint density at radius 3 is 0.677 bits per heavy atom. The number of esters is 4. The Labute approximate surface area is 543 Å². The van der Waals surface area contributed by atoms with E-state index in [1.54, 1.807) is 97.1 Å². The standard InChI is InChI=1S/C68H58N8O20/c1-93-65(89)49(29-53(77)78)73-61(85)37-13-5-33(6-14-37)57-41-21-23-43(69-41)58(34-7-15-38(16-8-34)62(86)74-50(30-54(79)80)66(90)94-2)45-25-27-47(71-45)60(36-11-19-40(20-12-36)64(88)76-52(32-56(83)84)68(92)96-4)48-28-26-46(72-48)59(44-24-22-42(57)70-44)35-9-17-39(18-10-35)63(87)75-51(31-55(81)82)67(91)95-3/h5-28,49-52,69,72H,29-32H2,1-4H3,(H,73,85)(H,74,86)(H,75,87)(H,76,88)(H,77,78)(H,79,80)(H,81,82)(H,83,84)/t49-,50-,51-,52-/m0/s1. The summed E-state index contributed by atoms with van der Waals surface area (Å²) in [6.45, 7) is 0. The first-order chi connectivity index (χ1) is 46.0. The Balaban J connectivity index is 1.29. The van der Waals surface area contributed by atoms with Gasteiger partial charge in [-0.15, -0.1) is 0 Å². The van der Waals surface area contributed by atoms with Crippen molar-refractivity contribution in [2.45, 2.75) is 49.9 Å². The Morgan fingerprint density at radius 2 is 0.510 bits per heavy atom. The first-order valence-electron chi connectivity index (χ1n) is 29.0. The van der Waals surface area contributed by atoms with E-state index in [-0.39, 0.29) is 22.3 Å². The minimum atomic E-state index is -1.52. The zero-order valence-corrected chi connectivity index (χ0v) is 51.2. The summed E-state index contributed by atoms with van der Waals surface area (Å²) in [6.07, 6.45) is 3.92. The predicted octanol–water partition coefficient (Wildman–Crippen LogP) is 6.31. The topological polar surface area (TPSA) is 428 Å². The van der Waals surface area contributed by atoms with Crippen molar-refractivity contribution in [3.8, 4) is 44.5 Å². The van der Waals surface area contributed by atoms with E-state index in [1.807, 2.05) is 0 Å². The van der Waals surface area contributed by atoms with Gasteiger partial charge in [-0.1, -0.05) is 48.5 Å². The molecule has 7 aromatic rings. The summed E-state index contributed by atoms with van der Waals surface area (Å²) < 4.78 is 18.9. The highest BCUT2D eigenvalue weighted by Crippen LogP contribution is 2.39. The van der Waals surface area contributed by atoms with Crippen LogP contribution in [0.5, 0.6) is 0 Å². The molecule has 28 nitrogen and oxygen atoms in total. The molecule has 8 bridgehead atoms. The Morgan fingerprint density at radius 1 is 0.323 bits per heavy atom. The number of rotatable bonds is 24. The van der Waals surface area contributed by atoms with Gasteiger partial charge in [0.2, 0.25) is 0 Å². The van der Waals surface area contributed by atoms with Crippen molar-refractivity contribution in [1.82, 2.24) is 41.2 Å². The number of aromatic nitrogens is 4. The third-order valence-corrected chi connectivity index (χ3v) is 15.2. The van der Waals surface area contributed by atoms with Crippen LogP contribution in [0.4, 0.5) is 0 Å². The molecule has 0 aliphatic carbocycles. The Bertz CT molecular complexity index is 3990. The second-order valence-corrected chi connectivity index (χ2v) is 21.4. The molecular weight excluding hydrogens is 1250 g/mol. The van der Waals surface area contributed by atoms with Gasteiger partial charge in [-0.3, -0.25) is 38.4 Å². The lowest BCUT2D eigenvalue weighted by molar-refractivity contribution is -0.147. The summed E-state index contributed by atoms with van der Waals surface area (Å²) >= 11 is 0. The number of carbonyl (C=O) groups excluding carboxylic acids is 8. The fourth-order valence-corrected chi connectivity index (χ4v) is 10.6. The van der Waals surface area contributed by atoms with E-state index in [0.29, 0.717) is 89.4 Å². The van der Waals surface area contributed by atoms with Crippen LogP contribution in [0.1, 0.15) is 89.9 Å². The van der Waals surface area contributed by atoms with Crippen LogP contribution in [0.2, 0.25) is 0 Å². The first kappa shape index (κ1) is 67.5. The van der Waals surface area contributed by atoms with Gasteiger partial charge in [0.25, 0.3) is 23.6 Å². The normalized spacial score (nSPS) is 12.5. The molecule has 4 amide bonds. The third-order valence-electron chi connectivity index (χ3n) is 15.2. The number of fused-ring (bicyclic) bond motifs is 8. The summed E-state index contributed by atoms with van der Waals surface area (Å²) in [4.78, 5) is 169. The first-order valence-corrected chi connectivity index (χ1v) is 29.0. The third kappa shape index (κ3) is 15.5. The maximum absolute atomic E-state index is 13.6. The van der Waals surface area contributed by atoms with Crippen molar-refractivity contribution >= 4 is 118 Å². The van der Waals surface area contributed by atoms with E-state index in [9.17, 15) is 78.0 Å². The summed E-state index contributed by atoms with van der Waals surface area (Å²) in [5.41, 5.74) is 7.19. The minimum Gasteiger partial charge on any atom is -0.481 e. The molecule has 10 N–H and O–H groups in total. The molecule has 96 heavy (non-hydrogen) atoms. The molecule has 2 aliphatic heterocycles. The maximum Gasteiger partial charge on any atom is 0.328 e. The maximum atomic E-state index is 13.6. The number of benzene rings is 4. The van der Waals surface area contributed by atoms with Crippen LogP contribution in [0, 0.1) is 0 Å². The van der Waals surface area contributed by atoms with E-state index in [0.717, 1.165) is 28.4 Å². The van der Waals surface area contributed by atoms with Crippen LogP contribution in [0.3, 0.4) is 0 Å². The number of carboxylic acids is 4. The second-order valence-electron chi connectivity index (χ2n) is 21.4. The number of aromatic amines is 2. The van der Waals surface area contributed by atoms with Crippen LogP contribution in [0.25, 0.3) is 90.9 Å². The number of nitrogens with one attached hydrogen (secondary N) is 6. The lowest BCUT2D eigenvalue weighted by atomic mass is 10.0. The van der Waals surface area contributed by atoms with Crippen LogP contribution in [-0.2, 0) is 57.3 Å². The number of hydrogen-bond acceptors (Lipinski definition) is 18. The molecule has 3 aromatic heterocycles. The number of amides is 4. The zero-order valence-electron chi connectivity index (χ0n) is 51.2. The number of carbonyl (C=O) groups is 12. The minimum absolute atomic E-state index is 0.0427. The SMILES string of the molecule is COC(=O)[C@H](CC(=O)O)NC(=O)c1ccc(-c2c3nc(c(-c4ccc(C(=O)N[C@@H](CC(=O)O)C(=O)OC)cc4)c4ccc([nH]4)c(-c4ccc(C(=O)N[C@@H](CC(=O)O)C(=O)OC)cc4)c4nc(c(-c5ccc(C(=O)N[C@@H](CC(=O)O)C(=O)OC)cc5)c5ccc2[nH]5)C=C4)C=C3)cc1. The predicted molar refractivity (Wildman–Crippen MR) is 343 cm³/mol. The highest BCUT2D eigenvalue weighted by molar-refractivity contribution is 6.05. The van der Waals surface area contributed by atoms with Crippen LogP contribution < -0.4 is 21.3 Å². The van der Waals surface area contributed by atoms with E-state index >= 15 is 0 Å². The number of carboxylic acid groups (broad SMARTS) is 4. The van der Waals surface area contributed by atoms with Gasteiger partial charge in [0, 0.05) is 66.6 Å². The van der Waals surface area contributed by atoms with Crippen molar-refractivity contribution in [3.63, 3.8) is 0 Å². The molecule has 5 heterocycles. The lowest BCUT2D eigenvalue weighted by Gasteiger charge is -2.15. The molecule has 0 unspecified atom stereocenters. The van der Waals surface area contributed by atoms with Crippen molar-refractivity contribution < 1.29 is 96.9 Å². The van der Waals surface area contributed by atoms with Gasteiger partial charge in [-0.2, -0.15) is 0 Å². The Kier molecular flexibility index (Phi) is 20.8. The molecule has 0 fully saturated rings. The van der Waals surface area contributed by atoms with Crippen molar-refractivity contribution in [3.05, 3.63) is 166 Å². The average Bonchev–Trinajstić information content (AvgIpc) is 1.61.